The predicted octanol–water partition coefficient (Wildman–Crippen LogP) is 3.41. The van der Waals surface area contributed by atoms with Crippen LogP contribution in [0.5, 0.6) is 11.5 Å². The quantitative estimate of drug-likeness (QED) is 0.840. The molecule has 2 fully saturated rings. The van der Waals surface area contributed by atoms with Crippen molar-refractivity contribution in [1.29, 1.82) is 0 Å². The fraction of sp³-hybridized carbons (Fsp3) is 0.520. The molecule has 160 valence electrons. The maximum absolute atomic E-state index is 11.3. The molecule has 2 heterocycles. The van der Waals surface area contributed by atoms with E-state index >= 15 is 0 Å². The maximum atomic E-state index is 11.3. The summed E-state index contributed by atoms with van der Waals surface area (Å²) in [6.07, 6.45) is 3.70. The van der Waals surface area contributed by atoms with Gasteiger partial charge in [-0.2, -0.15) is 0 Å². The second-order valence-corrected chi connectivity index (χ2v) is 8.92. The number of nitrogens with zero attached hydrogens (tertiary/aromatic N) is 2. The van der Waals surface area contributed by atoms with Crippen molar-refractivity contribution in [2.75, 3.05) is 39.4 Å². The van der Waals surface area contributed by atoms with Gasteiger partial charge in [0.2, 0.25) is 0 Å². The van der Waals surface area contributed by atoms with E-state index in [1.54, 1.807) is 0 Å². The van der Waals surface area contributed by atoms with E-state index in [2.05, 4.69) is 40.1 Å². The molecule has 5 rings (SSSR count). The fourth-order valence-corrected chi connectivity index (χ4v) is 5.19. The Kier molecular flexibility index (Phi) is 5.68. The Balaban J connectivity index is 1.15. The maximum Gasteiger partial charge on any atom is 0.161 e. The Morgan fingerprint density at radius 1 is 0.867 bits per heavy atom. The summed E-state index contributed by atoms with van der Waals surface area (Å²) < 4.78 is 11.3. The van der Waals surface area contributed by atoms with Crippen molar-refractivity contribution in [3.63, 3.8) is 0 Å². The molecule has 1 aliphatic carbocycles. The van der Waals surface area contributed by atoms with E-state index in [9.17, 15) is 5.11 Å². The SMILES string of the molecule is OC1(c2ccc3c(c2)OCCO3)CCC(N2CCN(Cc3ccccc3)CC2)CC1. The number of fused-ring (bicyclic) bond motifs is 1. The Labute approximate surface area is 179 Å². The van der Waals surface area contributed by atoms with E-state index in [1.165, 1.54) is 5.56 Å². The van der Waals surface area contributed by atoms with Gasteiger partial charge in [0, 0.05) is 38.8 Å². The van der Waals surface area contributed by atoms with E-state index in [0.717, 1.165) is 75.5 Å². The lowest BCUT2D eigenvalue weighted by Crippen LogP contribution is -2.51. The third-order valence-corrected chi connectivity index (χ3v) is 7.03. The summed E-state index contributed by atoms with van der Waals surface area (Å²) in [7, 11) is 0. The van der Waals surface area contributed by atoms with Crippen molar-refractivity contribution in [3.8, 4) is 11.5 Å². The normalized spacial score (nSPS) is 27.7. The van der Waals surface area contributed by atoms with Crippen LogP contribution in [0.1, 0.15) is 36.8 Å². The minimum Gasteiger partial charge on any atom is -0.486 e. The first-order valence-electron chi connectivity index (χ1n) is 11.3. The molecule has 1 saturated heterocycles. The molecule has 30 heavy (non-hydrogen) atoms. The summed E-state index contributed by atoms with van der Waals surface area (Å²) in [6.45, 7) is 6.71. The molecule has 5 nitrogen and oxygen atoms in total. The number of aliphatic hydroxyl groups is 1. The molecule has 0 unspecified atom stereocenters. The molecule has 1 saturated carbocycles. The Hall–Kier alpha value is -2.08. The Bertz CT molecular complexity index is 841. The van der Waals surface area contributed by atoms with Crippen LogP contribution in [0.4, 0.5) is 0 Å². The molecule has 0 aromatic heterocycles. The van der Waals surface area contributed by atoms with Gasteiger partial charge in [0.15, 0.2) is 11.5 Å². The minimum atomic E-state index is -0.749. The van der Waals surface area contributed by atoms with Crippen LogP contribution in [0.2, 0.25) is 0 Å². The van der Waals surface area contributed by atoms with E-state index < -0.39 is 5.60 Å². The topological polar surface area (TPSA) is 45.2 Å². The van der Waals surface area contributed by atoms with Crippen LogP contribution in [0.25, 0.3) is 0 Å². The third-order valence-electron chi connectivity index (χ3n) is 7.03. The van der Waals surface area contributed by atoms with Crippen LogP contribution in [-0.4, -0.2) is 60.3 Å². The molecule has 0 bridgehead atoms. The van der Waals surface area contributed by atoms with E-state index in [1.807, 2.05) is 18.2 Å². The van der Waals surface area contributed by atoms with Gasteiger partial charge in [0.25, 0.3) is 0 Å². The molecular formula is C25H32N2O3. The lowest BCUT2D eigenvalue weighted by molar-refractivity contribution is -0.0322. The molecule has 0 spiro atoms. The van der Waals surface area contributed by atoms with Crippen LogP contribution in [-0.2, 0) is 12.1 Å². The zero-order valence-electron chi connectivity index (χ0n) is 17.6. The highest BCUT2D eigenvalue weighted by Gasteiger charge is 2.38. The lowest BCUT2D eigenvalue weighted by atomic mass is 9.77. The van der Waals surface area contributed by atoms with Crippen molar-refractivity contribution in [2.24, 2.45) is 0 Å². The second-order valence-electron chi connectivity index (χ2n) is 8.92. The van der Waals surface area contributed by atoms with Crippen LogP contribution in [0, 0.1) is 0 Å². The molecule has 5 heteroatoms. The summed E-state index contributed by atoms with van der Waals surface area (Å²) >= 11 is 0. The molecule has 2 aliphatic heterocycles. The van der Waals surface area contributed by atoms with Gasteiger partial charge in [-0.15, -0.1) is 0 Å². The highest BCUT2D eigenvalue weighted by Crippen LogP contribution is 2.42. The van der Waals surface area contributed by atoms with E-state index in [0.29, 0.717) is 19.3 Å². The molecule has 0 amide bonds. The van der Waals surface area contributed by atoms with Gasteiger partial charge >= 0.3 is 0 Å². The third kappa shape index (κ3) is 4.20. The summed E-state index contributed by atoms with van der Waals surface area (Å²) in [4.78, 5) is 5.20. The average Bonchev–Trinajstić information content (AvgIpc) is 2.81. The number of hydrogen-bond acceptors (Lipinski definition) is 5. The second kappa shape index (κ2) is 8.58. The number of rotatable bonds is 4. The summed E-state index contributed by atoms with van der Waals surface area (Å²) in [5.41, 5.74) is 1.62. The zero-order chi connectivity index (χ0) is 20.4. The lowest BCUT2D eigenvalue weighted by Gasteiger charge is -2.44. The molecule has 2 aromatic rings. The monoisotopic (exact) mass is 408 g/mol. The predicted molar refractivity (Wildman–Crippen MR) is 117 cm³/mol. The first-order chi connectivity index (χ1) is 14.7. The van der Waals surface area contributed by atoms with Crippen LogP contribution in [0.3, 0.4) is 0 Å². The van der Waals surface area contributed by atoms with E-state index in [4.69, 9.17) is 9.47 Å². The van der Waals surface area contributed by atoms with Crippen molar-refractivity contribution in [1.82, 2.24) is 9.80 Å². The zero-order valence-corrected chi connectivity index (χ0v) is 17.6. The van der Waals surface area contributed by atoms with Crippen molar-refractivity contribution in [2.45, 2.75) is 43.9 Å². The average molecular weight is 409 g/mol. The highest BCUT2D eigenvalue weighted by atomic mass is 16.6. The molecular weight excluding hydrogens is 376 g/mol. The van der Waals surface area contributed by atoms with Crippen LogP contribution >= 0.6 is 0 Å². The van der Waals surface area contributed by atoms with Gasteiger partial charge < -0.3 is 14.6 Å². The molecule has 2 aromatic carbocycles. The number of piperazine rings is 1. The van der Waals surface area contributed by atoms with Crippen LogP contribution in [0.15, 0.2) is 48.5 Å². The van der Waals surface area contributed by atoms with Crippen molar-refractivity contribution >= 4 is 0 Å². The van der Waals surface area contributed by atoms with Gasteiger partial charge in [0.1, 0.15) is 13.2 Å². The van der Waals surface area contributed by atoms with Crippen LogP contribution < -0.4 is 9.47 Å². The van der Waals surface area contributed by atoms with Gasteiger partial charge in [-0.3, -0.25) is 9.80 Å². The molecule has 1 N–H and O–H groups in total. The highest BCUT2D eigenvalue weighted by molar-refractivity contribution is 5.45. The van der Waals surface area contributed by atoms with Crippen molar-refractivity contribution in [3.05, 3.63) is 59.7 Å². The number of hydrogen-bond donors (Lipinski definition) is 1. The summed E-state index contributed by atoms with van der Waals surface area (Å²) in [5, 5.41) is 11.3. The first kappa shape index (κ1) is 19.9. The van der Waals surface area contributed by atoms with Gasteiger partial charge in [-0.05, 0) is 48.9 Å². The Morgan fingerprint density at radius 2 is 1.57 bits per heavy atom. The first-order valence-corrected chi connectivity index (χ1v) is 11.3. The van der Waals surface area contributed by atoms with Gasteiger partial charge in [0.05, 0.1) is 5.60 Å². The smallest absolute Gasteiger partial charge is 0.161 e. The molecule has 3 aliphatic rings. The van der Waals surface area contributed by atoms with E-state index in [-0.39, 0.29) is 0 Å². The largest absolute Gasteiger partial charge is 0.486 e. The van der Waals surface area contributed by atoms with Gasteiger partial charge in [-0.25, -0.2) is 0 Å². The Morgan fingerprint density at radius 3 is 2.30 bits per heavy atom. The summed E-state index contributed by atoms with van der Waals surface area (Å²) in [5.74, 6) is 1.56. The van der Waals surface area contributed by atoms with Gasteiger partial charge in [-0.1, -0.05) is 36.4 Å². The van der Waals surface area contributed by atoms with Crippen molar-refractivity contribution < 1.29 is 14.6 Å². The minimum absolute atomic E-state index is 0.577. The molecule has 0 radical (unpaired) electrons. The molecule has 0 atom stereocenters. The summed E-state index contributed by atoms with van der Waals surface area (Å²) in [6, 6.07) is 17.3. The number of ether oxygens (including phenoxy) is 2. The number of benzene rings is 2. The standard InChI is InChI=1S/C25H32N2O3/c28-25(21-6-7-23-24(18-21)30-17-16-29-23)10-8-22(9-11-25)27-14-12-26(13-15-27)19-20-4-2-1-3-5-20/h1-7,18,22,28H,8-17,19H2. The fourth-order valence-electron chi connectivity index (χ4n) is 5.19.